The van der Waals surface area contributed by atoms with Crippen molar-refractivity contribution in [3.8, 4) is 0 Å². The minimum absolute atomic E-state index is 0.0434. The number of hydrogen-bond donors (Lipinski definition) is 1. The molecule has 1 amide bonds. The van der Waals surface area contributed by atoms with Gasteiger partial charge in [0.25, 0.3) is 12.3 Å². The number of alkyl halides is 2. The molecule has 0 unspecified atom stereocenters. The number of rotatable bonds is 3. The van der Waals surface area contributed by atoms with Crippen LogP contribution in [0.25, 0.3) is 11.0 Å². The van der Waals surface area contributed by atoms with E-state index in [9.17, 15) is 13.6 Å². The van der Waals surface area contributed by atoms with Gasteiger partial charge in [0.15, 0.2) is 5.76 Å². The Balaban J connectivity index is 2.17. The monoisotopic (exact) mass is 225 g/mol. The molecule has 1 heterocycles. The number of nitrogens with one attached hydrogen (secondary N) is 1. The molecule has 2 aromatic rings. The molecule has 1 aromatic carbocycles. The lowest BCUT2D eigenvalue weighted by molar-refractivity contribution is 0.0867. The zero-order valence-corrected chi connectivity index (χ0v) is 8.24. The van der Waals surface area contributed by atoms with Gasteiger partial charge in [0.05, 0.1) is 6.54 Å². The van der Waals surface area contributed by atoms with E-state index in [1.54, 1.807) is 24.3 Å². The van der Waals surface area contributed by atoms with E-state index in [2.05, 4.69) is 5.32 Å². The number of halogens is 2. The standard InChI is InChI=1S/C11H9F2NO2/c12-10(13)6-14-11(15)9-5-7-3-1-2-4-8(7)16-9/h1-5,10H,6H2,(H,14,15). The van der Waals surface area contributed by atoms with E-state index in [0.29, 0.717) is 5.58 Å². The van der Waals surface area contributed by atoms with Crippen molar-refractivity contribution < 1.29 is 18.0 Å². The lowest BCUT2D eigenvalue weighted by Gasteiger charge is -2.00. The third kappa shape index (κ3) is 2.18. The van der Waals surface area contributed by atoms with Crippen molar-refractivity contribution in [2.24, 2.45) is 0 Å². The topological polar surface area (TPSA) is 42.2 Å². The molecule has 3 nitrogen and oxygen atoms in total. The Hall–Kier alpha value is -1.91. The van der Waals surface area contributed by atoms with E-state index >= 15 is 0 Å². The summed E-state index contributed by atoms with van der Waals surface area (Å²) in [5.41, 5.74) is 0.560. The van der Waals surface area contributed by atoms with E-state index < -0.39 is 18.9 Å². The van der Waals surface area contributed by atoms with Gasteiger partial charge in [-0.05, 0) is 12.1 Å². The second kappa shape index (κ2) is 4.30. The first-order valence-corrected chi connectivity index (χ1v) is 4.72. The normalized spacial score (nSPS) is 10.9. The predicted molar refractivity (Wildman–Crippen MR) is 54.6 cm³/mol. The summed E-state index contributed by atoms with van der Waals surface area (Å²) in [5.74, 6) is -0.585. The molecule has 0 aliphatic heterocycles. The summed E-state index contributed by atoms with van der Waals surface area (Å²) in [6.07, 6.45) is -2.56. The number of furan rings is 1. The highest BCUT2D eigenvalue weighted by atomic mass is 19.3. The second-order valence-electron chi connectivity index (χ2n) is 3.25. The second-order valence-corrected chi connectivity index (χ2v) is 3.25. The number of hydrogen-bond acceptors (Lipinski definition) is 2. The first-order chi connectivity index (χ1) is 7.66. The van der Waals surface area contributed by atoms with Crippen LogP contribution >= 0.6 is 0 Å². The van der Waals surface area contributed by atoms with Crippen molar-refractivity contribution in [3.63, 3.8) is 0 Å². The first kappa shape index (κ1) is 10.6. The summed E-state index contributed by atoms with van der Waals surface area (Å²) in [5, 5.41) is 2.84. The largest absolute Gasteiger partial charge is 0.451 e. The van der Waals surface area contributed by atoms with Crippen LogP contribution in [0.15, 0.2) is 34.7 Å². The molecule has 0 saturated heterocycles. The summed E-state index contributed by atoms with van der Waals surface area (Å²) in [7, 11) is 0. The van der Waals surface area contributed by atoms with Gasteiger partial charge in [0.2, 0.25) is 0 Å². The highest BCUT2D eigenvalue weighted by molar-refractivity contribution is 5.96. The Kier molecular flexibility index (Phi) is 2.85. The number of benzene rings is 1. The Morgan fingerprint density at radius 2 is 2.12 bits per heavy atom. The van der Waals surface area contributed by atoms with Gasteiger partial charge in [-0.2, -0.15) is 0 Å². The molecule has 16 heavy (non-hydrogen) atoms. The zero-order valence-electron chi connectivity index (χ0n) is 8.24. The van der Waals surface area contributed by atoms with Crippen molar-refractivity contribution in [3.05, 3.63) is 36.1 Å². The fourth-order valence-corrected chi connectivity index (χ4v) is 1.35. The quantitative estimate of drug-likeness (QED) is 0.871. The van der Waals surface area contributed by atoms with E-state index in [1.807, 2.05) is 0 Å². The molecule has 1 N–H and O–H groups in total. The summed E-state index contributed by atoms with van der Waals surface area (Å²) < 4.78 is 28.9. The Bertz CT molecular complexity index is 474. The number of fused-ring (bicyclic) bond motifs is 1. The molecule has 2 rings (SSSR count). The van der Waals surface area contributed by atoms with Crippen LogP contribution in [0.4, 0.5) is 8.78 Å². The molecular weight excluding hydrogens is 216 g/mol. The van der Waals surface area contributed by atoms with Gasteiger partial charge in [-0.1, -0.05) is 18.2 Å². The molecule has 0 radical (unpaired) electrons. The number of para-hydroxylation sites is 1. The zero-order chi connectivity index (χ0) is 11.5. The maximum atomic E-state index is 11.9. The van der Waals surface area contributed by atoms with Gasteiger partial charge >= 0.3 is 0 Å². The van der Waals surface area contributed by atoms with Gasteiger partial charge in [0, 0.05) is 5.39 Å². The number of carbonyl (C=O) groups excluding carboxylic acids is 1. The van der Waals surface area contributed by atoms with Crippen LogP contribution in [0.2, 0.25) is 0 Å². The Morgan fingerprint density at radius 3 is 2.81 bits per heavy atom. The van der Waals surface area contributed by atoms with Gasteiger partial charge in [0.1, 0.15) is 5.58 Å². The van der Waals surface area contributed by atoms with E-state index in [-0.39, 0.29) is 5.76 Å². The summed E-state index contributed by atoms with van der Waals surface area (Å²) in [6.45, 7) is -0.671. The molecule has 1 aromatic heterocycles. The van der Waals surface area contributed by atoms with Crippen molar-refractivity contribution in [1.82, 2.24) is 5.32 Å². The SMILES string of the molecule is O=C(NCC(F)F)c1cc2ccccc2o1. The number of carbonyl (C=O) groups is 1. The molecule has 0 aliphatic carbocycles. The van der Waals surface area contributed by atoms with Gasteiger partial charge in [-0.15, -0.1) is 0 Å². The lowest BCUT2D eigenvalue weighted by atomic mass is 10.2. The van der Waals surface area contributed by atoms with E-state index in [0.717, 1.165) is 5.39 Å². The van der Waals surface area contributed by atoms with E-state index in [4.69, 9.17) is 4.42 Å². The average Bonchev–Trinajstić information content (AvgIpc) is 2.69. The van der Waals surface area contributed by atoms with Crippen LogP contribution in [-0.4, -0.2) is 18.9 Å². The molecule has 5 heteroatoms. The van der Waals surface area contributed by atoms with Crippen LogP contribution in [0.3, 0.4) is 0 Å². The van der Waals surface area contributed by atoms with Gasteiger partial charge in [-0.3, -0.25) is 4.79 Å². The molecular formula is C11H9F2NO2. The third-order valence-corrected chi connectivity index (χ3v) is 2.07. The van der Waals surface area contributed by atoms with Crippen molar-refractivity contribution in [1.29, 1.82) is 0 Å². The van der Waals surface area contributed by atoms with Crippen LogP contribution in [-0.2, 0) is 0 Å². The predicted octanol–water partition coefficient (Wildman–Crippen LogP) is 2.43. The van der Waals surface area contributed by atoms with Gasteiger partial charge < -0.3 is 9.73 Å². The van der Waals surface area contributed by atoms with Crippen LogP contribution in [0.1, 0.15) is 10.6 Å². The molecule has 0 saturated carbocycles. The summed E-state index contributed by atoms with van der Waals surface area (Å²) in [6, 6.07) is 8.59. The highest BCUT2D eigenvalue weighted by Crippen LogP contribution is 2.18. The lowest BCUT2D eigenvalue weighted by Crippen LogP contribution is -2.28. The molecule has 84 valence electrons. The minimum Gasteiger partial charge on any atom is -0.451 e. The molecule has 0 bridgehead atoms. The van der Waals surface area contributed by atoms with Gasteiger partial charge in [-0.25, -0.2) is 8.78 Å². The van der Waals surface area contributed by atoms with Crippen molar-refractivity contribution >= 4 is 16.9 Å². The minimum atomic E-state index is -2.56. The highest BCUT2D eigenvalue weighted by Gasteiger charge is 2.13. The Morgan fingerprint density at radius 1 is 1.38 bits per heavy atom. The van der Waals surface area contributed by atoms with Crippen LogP contribution in [0.5, 0.6) is 0 Å². The molecule has 0 atom stereocenters. The fourth-order valence-electron chi connectivity index (χ4n) is 1.35. The fraction of sp³-hybridized carbons (Fsp3) is 0.182. The average molecular weight is 225 g/mol. The first-order valence-electron chi connectivity index (χ1n) is 4.72. The van der Waals surface area contributed by atoms with Crippen molar-refractivity contribution in [2.75, 3.05) is 6.54 Å². The molecule has 0 spiro atoms. The number of amides is 1. The van der Waals surface area contributed by atoms with Crippen molar-refractivity contribution in [2.45, 2.75) is 6.43 Å². The van der Waals surface area contributed by atoms with E-state index in [1.165, 1.54) is 6.07 Å². The van der Waals surface area contributed by atoms with Crippen LogP contribution < -0.4 is 5.32 Å². The molecule has 0 aliphatic rings. The maximum absolute atomic E-state index is 11.9. The smallest absolute Gasteiger partial charge is 0.287 e. The third-order valence-electron chi connectivity index (χ3n) is 2.07. The van der Waals surface area contributed by atoms with Crippen LogP contribution in [0, 0.1) is 0 Å². The maximum Gasteiger partial charge on any atom is 0.287 e. The Labute approximate surface area is 90.0 Å². The summed E-state index contributed by atoms with van der Waals surface area (Å²) in [4.78, 5) is 11.4. The molecule has 0 fully saturated rings. The summed E-state index contributed by atoms with van der Waals surface area (Å²) >= 11 is 0.